The Morgan fingerprint density at radius 1 is 1.25 bits per heavy atom. The van der Waals surface area contributed by atoms with E-state index in [1.54, 1.807) is 0 Å². The van der Waals surface area contributed by atoms with Crippen molar-refractivity contribution in [1.82, 2.24) is 0 Å². The van der Waals surface area contributed by atoms with Crippen LogP contribution in [0, 0.1) is 6.92 Å². The molecule has 0 fully saturated rings. The Balaban J connectivity index is 1.95. The maximum Gasteiger partial charge on any atom is 0.228 e. The number of amides is 1. The molecule has 1 amide bonds. The summed E-state index contributed by atoms with van der Waals surface area (Å²) in [7, 11) is 0. The van der Waals surface area contributed by atoms with Gasteiger partial charge in [0.25, 0.3) is 0 Å². The minimum atomic E-state index is 0.0105. The van der Waals surface area contributed by atoms with Gasteiger partial charge in [0.05, 0.1) is 17.8 Å². The Labute approximate surface area is 125 Å². The van der Waals surface area contributed by atoms with Crippen LogP contribution in [0.5, 0.6) is 0 Å². The van der Waals surface area contributed by atoms with Gasteiger partial charge >= 0.3 is 0 Å². The quantitative estimate of drug-likeness (QED) is 0.737. The maximum absolute atomic E-state index is 11.4. The van der Waals surface area contributed by atoms with E-state index in [0.29, 0.717) is 12.1 Å². The lowest BCUT2D eigenvalue weighted by Crippen LogP contribution is -2.03. The fourth-order valence-corrected chi connectivity index (χ4v) is 2.79. The summed E-state index contributed by atoms with van der Waals surface area (Å²) in [6, 6.07) is 9.74. The van der Waals surface area contributed by atoms with Gasteiger partial charge in [0.2, 0.25) is 5.91 Å². The molecule has 1 aliphatic rings. The number of anilines is 4. The van der Waals surface area contributed by atoms with E-state index in [4.69, 9.17) is 5.73 Å². The van der Waals surface area contributed by atoms with Gasteiger partial charge in [0.15, 0.2) is 0 Å². The molecule has 0 bridgehead atoms. The van der Waals surface area contributed by atoms with E-state index in [9.17, 15) is 4.79 Å². The zero-order valence-corrected chi connectivity index (χ0v) is 12.5. The second kappa shape index (κ2) is 4.83. The number of carbonyl (C=O) groups is 1. The average Bonchev–Trinajstić information content (AvgIpc) is 2.72. The number of rotatable bonds is 2. The lowest BCUT2D eigenvalue weighted by Gasteiger charge is -2.13. The molecule has 20 heavy (non-hydrogen) atoms. The predicted octanol–water partition coefficient (Wildman–Crippen LogP) is 3.58. The summed E-state index contributed by atoms with van der Waals surface area (Å²) in [6.45, 7) is 2.03. The highest BCUT2D eigenvalue weighted by molar-refractivity contribution is 9.10. The number of fused-ring (bicyclic) bond motifs is 1. The van der Waals surface area contributed by atoms with Gasteiger partial charge in [-0.15, -0.1) is 0 Å². The van der Waals surface area contributed by atoms with Crippen molar-refractivity contribution in [2.75, 3.05) is 16.4 Å². The van der Waals surface area contributed by atoms with Crippen LogP contribution in [0.15, 0.2) is 34.8 Å². The highest BCUT2D eigenvalue weighted by Crippen LogP contribution is 2.34. The Kier molecular flexibility index (Phi) is 3.14. The second-order valence-electron chi connectivity index (χ2n) is 4.91. The van der Waals surface area contributed by atoms with Gasteiger partial charge in [-0.05, 0) is 48.4 Å². The largest absolute Gasteiger partial charge is 0.397 e. The van der Waals surface area contributed by atoms with Gasteiger partial charge < -0.3 is 16.4 Å². The van der Waals surface area contributed by atoms with E-state index >= 15 is 0 Å². The fourth-order valence-electron chi connectivity index (χ4n) is 2.31. The highest BCUT2D eigenvalue weighted by Gasteiger charge is 2.19. The van der Waals surface area contributed by atoms with Crippen molar-refractivity contribution in [2.24, 2.45) is 0 Å². The minimum Gasteiger partial charge on any atom is -0.397 e. The Morgan fingerprint density at radius 3 is 2.80 bits per heavy atom. The number of nitrogens with one attached hydrogen (secondary N) is 2. The number of nitrogens with two attached hydrogens (primary N) is 1. The summed E-state index contributed by atoms with van der Waals surface area (Å²) >= 11 is 3.44. The monoisotopic (exact) mass is 331 g/mol. The first-order chi connectivity index (χ1) is 9.52. The van der Waals surface area contributed by atoms with Crippen LogP contribution < -0.4 is 16.4 Å². The van der Waals surface area contributed by atoms with Crippen LogP contribution in [0.4, 0.5) is 22.7 Å². The standard InChI is InChI=1S/C15H14BrN3O/c1-8-4-10(16)2-3-12(8)18-14-7-13-9(5-11(14)17)6-15(20)19-13/h2-5,7,18H,6,17H2,1H3,(H,19,20). The van der Waals surface area contributed by atoms with Crippen LogP contribution in [-0.2, 0) is 11.2 Å². The van der Waals surface area contributed by atoms with E-state index in [2.05, 4.69) is 26.6 Å². The first kappa shape index (κ1) is 13.0. The van der Waals surface area contributed by atoms with Crippen molar-refractivity contribution < 1.29 is 4.79 Å². The van der Waals surface area contributed by atoms with Crippen molar-refractivity contribution in [2.45, 2.75) is 13.3 Å². The van der Waals surface area contributed by atoms with Gasteiger partial charge in [-0.2, -0.15) is 0 Å². The third-order valence-corrected chi connectivity index (χ3v) is 3.85. The number of benzene rings is 2. The molecule has 0 aliphatic carbocycles. The summed E-state index contributed by atoms with van der Waals surface area (Å²) in [6.07, 6.45) is 0.400. The zero-order valence-electron chi connectivity index (χ0n) is 11.0. The molecule has 0 saturated heterocycles. The third-order valence-electron chi connectivity index (χ3n) is 3.36. The molecule has 0 atom stereocenters. The zero-order chi connectivity index (χ0) is 14.3. The molecule has 2 aromatic carbocycles. The van der Waals surface area contributed by atoms with Crippen LogP contribution in [0.2, 0.25) is 0 Å². The molecule has 1 heterocycles. The molecule has 5 heteroatoms. The van der Waals surface area contributed by atoms with Crippen LogP contribution >= 0.6 is 15.9 Å². The summed E-state index contributed by atoms with van der Waals surface area (Å²) < 4.78 is 1.04. The minimum absolute atomic E-state index is 0.0105. The van der Waals surface area contributed by atoms with Gasteiger partial charge in [-0.1, -0.05) is 15.9 Å². The average molecular weight is 332 g/mol. The number of hydrogen-bond donors (Lipinski definition) is 3. The normalized spacial score (nSPS) is 13.0. The number of nitrogen functional groups attached to an aromatic ring is 1. The van der Waals surface area contributed by atoms with Gasteiger partial charge in [0.1, 0.15) is 0 Å². The fraction of sp³-hybridized carbons (Fsp3) is 0.133. The topological polar surface area (TPSA) is 67.1 Å². The molecule has 0 saturated carbocycles. The van der Waals surface area contributed by atoms with E-state index < -0.39 is 0 Å². The van der Waals surface area contributed by atoms with E-state index in [-0.39, 0.29) is 5.91 Å². The molecule has 0 aromatic heterocycles. The Bertz CT molecular complexity index is 713. The third kappa shape index (κ3) is 2.36. The van der Waals surface area contributed by atoms with Crippen LogP contribution in [0.25, 0.3) is 0 Å². The highest BCUT2D eigenvalue weighted by atomic mass is 79.9. The molecule has 0 unspecified atom stereocenters. The summed E-state index contributed by atoms with van der Waals surface area (Å²) in [5.41, 5.74) is 11.4. The van der Waals surface area contributed by atoms with E-state index in [1.807, 2.05) is 37.3 Å². The van der Waals surface area contributed by atoms with Gasteiger partial charge in [0, 0.05) is 15.8 Å². The summed E-state index contributed by atoms with van der Waals surface area (Å²) in [5, 5.41) is 6.15. The van der Waals surface area contributed by atoms with Crippen molar-refractivity contribution in [3.05, 3.63) is 45.9 Å². The Hall–Kier alpha value is -2.01. The molecule has 4 N–H and O–H groups in total. The lowest BCUT2D eigenvalue weighted by molar-refractivity contribution is -0.115. The van der Waals surface area contributed by atoms with E-state index in [1.165, 1.54) is 0 Å². The van der Waals surface area contributed by atoms with Crippen molar-refractivity contribution >= 4 is 44.6 Å². The predicted molar refractivity (Wildman–Crippen MR) is 85.3 cm³/mol. The summed E-state index contributed by atoms with van der Waals surface area (Å²) in [5.74, 6) is 0.0105. The molecule has 0 spiro atoms. The molecule has 1 aliphatic heterocycles. The summed E-state index contributed by atoms with van der Waals surface area (Å²) in [4.78, 5) is 11.4. The van der Waals surface area contributed by atoms with Crippen LogP contribution in [0.3, 0.4) is 0 Å². The number of halogens is 1. The molecular formula is C15H14BrN3O. The number of carbonyl (C=O) groups excluding carboxylic acids is 1. The maximum atomic E-state index is 11.4. The van der Waals surface area contributed by atoms with Crippen molar-refractivity contribution in [3.8, 4) is 0 Å². The van der Waals surface area contributed by atoms with Crippen molar-refractivity contribution in [1.29, 1.82) is 0 Å². The van der Waals surface area contributed by atoms with Crippen LogP contribution in [0.1, 0.15) is 11.1 Å². The molecule has 2 aromatic rings. The van der Waals surface area contributed by atoms with Crippen molar-refractivity contribution in [3.63, 3.8) is 0 Å². The first-order valence-corrected chi connectivity index (χ1v) is 7.07. The first-order valence-electron chi connectivity index (χ1n) is 6.28. The number of aryl methyl sites for hydroxylation is 1. The molecular weight excluding hydrogens is 318 g/mol. The molecule has 3 rings (SSSR count). The molecule has 102 valence electrons. The SMILES string of the molecule is Cc1cc(Br)ccc1Nc1cc2c(cc1N)CC(=O)N2. The number of hydrogen-bond acceptors (Lipinski definition) is 3. The van der Waals surface area contributed by atoms with Crippen LogP contribution in [-0.4, -0.2) is 5.91 Å². The second-order valence-corrected chi connectivity index (χ2v) is 5.82. The molecule has 4 nitrogen and oxygen atoms in total. The van der Waals surface area contributed by atoms with E-state index in [0.717, 1.165) is 32.7 Å². The molecule has 0 radical (unpaired) electrons. The lowest BCUT2D eigenvalue weighted by atomic mass is 10.1. The van der Waals surface area contributed by atoms with Gasteiger partial charge in [-0.25, -0.2) is 0 Å². The van der Waals surface area contributed by atoms with Gasteiger partial charge in [-0.3, -0.25) is 4.79 Å². The smallest absolute Gasteiger partial charge is 0.228 e. The Morgan fingerprint density at radius 2 is 2.05 bits per heavy atom.